The Balaban J connectivity index is 2.12. The number of benzene rings is 1. The van der Waals surface area contributed by atoms with Crippen molar-refractivity contribution in [3.63, 3.8) is 0 Å². The number of nitrogens with one attached hydrogen (secondary N) is 2. The molecule has 0 saturated carbocycles. The third-order valence-electron chi connectivity index (χ3n) is 7.42. The quantitative estimate of drug-likeness (QED) is 0.584. The first-order valence-corrected chi connectivity index (χ1v) is 12.7. The van der Waals surface area contributed by atoms with Crippen molar-refractivity contribution in [2.45, 2.75) is 129 Å². The number of nitrogens with zero attached hydrogens (tertiary/aromatic N) is 2. The molecule has 6 nitrogen and oxygen atoms in total. The Kier molecular flexibility index (Phi) is 7.02. The zero-order valence-electron chi connectivity index (χ0n) is 23.0. The largest absolute Gasteiger partial charge is 0.310 e. The molecule has 0 aromatic heterocycles. The summed E-state index contributed by atoms with van der Waals surface area (Å²) in [6.07, 6.45) is 5.33. The summed E-state index contributed by atoms with van der Waals surface area (Å²) in [4.78, 5) is 29.3. The number of rotatable bonds is 6. The number of amides is 2. The molecule has 2 aliphatic rings. The average molecular weight is 471 g/mol. The number of anilines is 2. The van der Waals surface area contributed by atoms with Gasteiger partial charge in [0, 0.05) is 34.2 Å². The van der Waals surface area contributed by atoms with Crippen molar-refractivity contribution in [1.82, 2.24) is 10.6 Å². The molecule has 2 heterocycles. The summed E-state index contributed by atoms with van der Waals surface area (Å²) in [7, 11) is 0. The second-order valence-electron chi connectivity index (χ2n) is 13.3. The standard InChI is InChI=1S/C28H46N4O2/c1-19-11-12-20(2)24(32(18-34)22-15-27(7,8)30-28(9,10)16-22)23(19)31(17-33)21-13-25(3,4)29-26(5,6)14-21/h11-12,17-18,21-22,29-30H,13-16H2,1-10H3. The number of piperidine rings is 2. The van der Waals surface area contributed by atoms with Crippen molar-refractivity contribution >= 4 is 24.2 Å². The van der Waals surface area contributed by atoms with Gasteiger partial charge in [-0.1, -0.05) is 12.1 Å². The Morgan fingerprint density at radius 2 is 0.912 bits per heavy atom. The molecule has 2 aliphatic heterocycles. The molecular weight excluding hydrogens is 424 g/mol. The maximum Gasteiger partial charge on any atom is 0.214 e. The summed E-state index contributed by atoms with van der Waals surface area (Å²) in [5, 5.41) is 7.44. The van der Waals surface area contributed by atoms with Crippen molar-refractivity contribution in [2.24, 2.45) is 0 Å². The van der Waals surface area contributed by atoms with E-state index in [4.69, 9.17) is 0 Å². The predicted molar refractivity (Wildman–Crippen MR) is 142 cm³/mol. The third-order valence-corrected chi connectivity index (χ3v) is 7.42. The zero-order chi connectivity index (χ0) is 25.7. The van der Waals surface area contributed by atoms with Crippen LogP contribution >= 0.6 is 0 Å². The Labute approximate surface area is 206 Å². The number of aryl methyl sites for hydroxylation is 2. The summed E-state index contributed by atoms with van der Waals surface area (Å²) in [6.45, 7) is 21.7. The highest BCUT2D eigenvalue weighted by molar-refractivity contribution is 5.94. The summed E-state index contributed by atoms with van der Waals surface area (Å²) >= 11 is 0. The lowest BCUT2D eigenvalue weighted by Crippen LogP contribution is -2.63. The van der Waals surface area contributed by atoms with Crippen molar-refractivity contribution in [3.05, 3.63) is 23.3 Å². The third kappa shape index (κ3) is 5.65. The van der Waals surface area contributed by atoms with Gasteiger partial charge in [-0.05, 0) is 106 Å². The van der Waals surface area contributed by atoms with Crippen molar-refractivity contribution in [2.75, 3.05) is 9.80 Å². The van der Waals surface area contributed by atoms with E-state index in [1.165, 1.54) is 0 Å². The van der Waals surface area contributed by atoms with Gasteiger partial charge in [0.1, 0.15) is 0 Å². The fourth-order valence-corrected chi connectivity index (χ4v) is 7.01. The molecule has 190 valence electrons. The first-order valence-electron chi connectivity index (χ1n) is 12.7. The Hall–Kier alpha value is -1.92. The van der Waals surface area contributed by atoms with Crippen LogP contribution in [0.15, 0.2) is 12.1 Å². The van der Waals surface area contributed by atoms with Gasteiger partial charge in [0.15, 0.2) is 0 Å². The van der Waals surface area contributed by atoms with E-state index in [1.54, 1.807) is 0 Å². The molecule has 0 spiro atoms. The zero-order valence-corrected chi connectivity index (χ0v) is 23.0. The first kappa shape index (κ1) is 26.7. The molecule has 2 saturated heterocycles. The van der Waals surface area contributed by atoms with Crippen molar-refractivity contribution < 1.29 is 9.59 Å². The van der Waals surface area contributed by atoms with Crippen LogP contribution in [0.5, 0.6) is 0 Å². The van der Waals surface area contributed by atoms with Gasteiger partial charge in [-0.2, -0.15) is 0 Å². The SMILES string of the molecule is Cc1ccc(C)c(N(C=O)C2CC(C)(C)NC(C)(C)C2)c1N(C=O)C1CC(C)(C)NC(C)(C)C1. The molecule has 2 amide bonds. The van der Waals surface area contributed by atoms with Gasteiger partial charge in [0.2, 0.25) is 12.8 Å². The van der Waals surface area contributed by atoms with Crippen molar-refractivity contribution in [1.29, 1.82) is 0 Å². The molecule has 1 aromatic carbocycles. The van der Waals surface area contributed by atoms with Crippen LogP contribution in [0, 0.1) is 13.8 Å². The summed E-state index contributed by atoms with van der Waals surface area (Å²) in [5.74, 6) is 0. The molecule has 34 heavy (non-hydrogen) atoms. The molecule has 0 aliphatic carbocycles. The van der Waals surface area contributed by atoms with Crippen LogP contribution in [0.3, 0.4) is 0 Å². The van der Waals surface area contributed by atoms with E-state index in [-0.39, 0.29) is 34.2 Å². The highest BCUT2D eigenvalue weighted by atomic mass is 16.1. The van der Waals surface area contributed by atoms with Gasteiger partial charge in [0.25, 0.3) is 0 Å². The average Bonchev–Trinajstić information content (AvgIpc) is 2.62. The minimum atomic E-state index is -0.0982. The van der Waals surface area contributed by atoms with Crippen LogP contribution in [0.25, 0.3) is 0 Å². The van der Waals surface area contributed by atoms with Gasteiger partial charge in [-0.3, -0.25) is 9.59 Å². The minimum absolute atomic E-state index is 0.0393. The summed E-state index contributed by atoms with van der Waals surface area (Å²) < 4.78 is 0. The van der Waals surface area contributed by atoms with Crippen LogP contribution in [0.4, 0.5) is 11.4 Å². The summed E-state index contributed by atoms with van der Waals surface area (Å²) in [6, 6.07) is 4.22. The van der Waals surface area contributed by atoms with E-state index >= 15 is 0 Å². The second kappa shape index (κ2) is 8.94. The lowest BCUT2D eigenvalue weighted by Gasteiger charge is -2.51. The molecule has 3 rings (SSSR count). The predicted octanol–water partition coefficient (Wildman–Crippen LogP) is 4.85. The van der Waals surface area contributed by atoms with Crippen LogP contribution in [-0.2, 0) is 9.59 Å². The van der Waals surface area contributed by atoms with Gasteiger partial charge in [0.05, 0.1) is 11.4 Å². The molecule has 6 heteroatoms. The number of hydrogen-bond acceptors (Lipinski definition) is 4. The second-order valence-corrected chi connectivity index (χ2v) is 13.3. The van der Waals surface area contributed by atoms with E-state index in [9.17, 15) is 9.59 Å². The maximum absolute atomic E-state index is 12.7. The lowest BCUT2D eigenvalue weighted by molar-refractivity contribution is -0.109. The Morgan fingerprint density at radius 3 is 1.15 bits per heavy atom. The van der Waals surface area contributed by atoms with Crippen molar-refractivity contribution in [3.8, 4) is 0 Å². The van der Waals surface area contributed by atoms with E-state index < -0.39 is 0 Å². The molecule has 0 unspecified atom stereocenters. The smallest absolute Gasteiger partial charge is 0.214 e. The van der Waals surface area contributed by atoms with Crippen LogP contribution in [0.1, 0.15) is 92.2 Å². The van der Waals surface area contributed by atoms with E-state index in [0.717, 1.165) is 61.0 Å². The van der Waals surface area contributed by atoms with Gasteiger partial charge in [-0.25, -0.2) is 0 Å². The number of carbonyl (C=O) groups is 2. The minimum Gasteiger partial charge on any atom is -0.310 e. The topological polar surface area (TPSA) is 64.7 Å². The summed E-state index contributed by atoms with van der Waals surface area (Å²) in [5.41, 5.74) is 3.38. The lowest BCUT2D eigenvalue weighted by atomic mass is 9.78. The van der Waals surface area contributed by atoms with E-state index in [1.807, 2.05) is 23.6 Å². The van der Waals surface area contributed by atoms with Crippen LogP contribution < -0.4 is 20.4 Å². The molecule has 0 atom stereocenters. The van der Waals surface area contributed by atoms with Crippen LogP contribution in [-0.4, -0.2) is 47.1 Å². The van der Waals surface area contributed by atoms with Gasteiger partial charge >= 0.3 is 0 Å². The first-order chi connectivity index (χ1) is 15.5. The highest BCUT2D eigenvalue weighted by Gasteiger charge is 2.43. The van der Waals surface area contributed by atoms with E-state index in [0.29, 0.717) is 0 Å². The number of carbonyl (C=O) groups excluding carboxylic acids is 2. The normalized spacial score (nSPS) is 23.8. The molecule has 1 aromatic rings. The Morgan fingerprint density at radius 1 is 0.647 bits per heavy atom. The molecule has 0 radical (unpaired) electrons. The van der Waals surface area contributed by atoms with E-state index in [2.05, 4.69) is 78.2 Å². The maximum atomic E-state index is 12.7. The van der Waals surface area contributed by atoms with Gasteiger partial charge in [-0.15, -0.1) is 0 Å². The molecular formula is C28H46N4O2. The molecule has 2 fully saturated rings. The van der Waals surface area contributed by atoms with Crippen LogP contribution in [0.2, 0.25) is 0 Å². The Bertz CT molecular complexity index is 828. The number of hydrogen-bond donors (Lipinski definition) is 2. The monoisotopic (exact) mass is 470 g/mol. The molecule has 0 bridgehead atoms. The molecule has 2 N–H and O–H groups in total. The fourth-order valence-electron chi connectivity index (χ4n) is 7.01. The fraction of sp³-hybridized carbons (Fsp3) is 0.714. The highest BCUT2D eigenvalue weighted by Crippen LogP contribution is 2.43. The van der Waals surface area contributed by atoms with Gasteiger partial charge < -0.3 is 20.4 Å².